The number of halogens is 1. The molecule has 0 aliphatic heterocycles. The molecule has 4 rings (SSSR count). The minimum atomic E-state index is -0.141. The van der Waals surface area contributed by atoms with Crippen LogP contribution in [0.3, 0.4) is 0 Å². The van der Waals surface area contributed by atoms with Crippen LogP contribution in [0.4, 0.5) is 0 Å². The van der Waals surface area contributed by atoms with Crippen LogP contribution in [0.5, 0.6) is 23.0 Å². The maximum Gasteiger partial charge on any atom is 0.187 e. The standard InChI is InChI=1S/C26H20ClO3P.Li/c1-18-9-8-14-22(27)25(18)26(28)31-24-16-15-21(29-19-10-4-2-5-11-19)17-23(24)30-20-12-6-3-7-13-20;/h2-17,31H,1H3;. The molecule has 155 valence electrons. The van der Waals surface area contributed by atoms with E-state index >= 15 is 0 Å². The average Bonchev–Trinajstić information content (AvgIpc) is 2.77. The largest absolute Gasteiger partial charge is 0.457 e. The second-order valence-corrected chi connectivity index (χ2v) is 8.52. The van der Waals surface area contributed by atoms with E-state index in [1.807, 2.05) is 97.9 Å². The van der Waals surface area contributed by atoms with Crippen molar-refractivity contribution in [2.24, 2.45) is 0 Å². The number of rotatable bonds is 7. The maximum atomic E-state index is 13.1. The van der Waals surface area contributed by atoms with E-state index in [4.69, 9.17) is 21.1 Å². The fourth-order valence-electron chi connectivity index (χ4n) is 3.10. The molecule has 1 unspecified atom stereocenters. The van der Waals surface area contributed by atoms with E-state index in [0.717, 1.165) is 16.6 Å². The van der Waals surface area contributed by atoms with Gasteiger partial charge in [-0.1, -0.05) is 60.1 Å². The van der Waals surface area contributed by atoms with Crippen LogP contribution in [0.2, 0.25) is 5.02 Å². The van der Waals surface area contributed by atoms with E-state index in [9.17, 15) is 4.79 Å². The number of para-hydroxylation sites is 2. The van der Waals surface area contributed by atoms with Crippen molar-refractivity contribution in [1.29, 1.82) is 0 Å². The predicted octanol–water partition coefficient (Wildman–Crippen LogP) is 7.00. The molecule has 0 fully saturated rings. The SMILES string of the molecule is Cc1cccc(Cl)c1C(=O)Pc1ccc(Oc2ccccc2)cc1Oc1ccccc1.[Li]. The minimum Gasteiger partial charge on any atom is -0.457 e. The van der Waals surface area contributed by atoms with Gasteiger partial charge in [0.05, 0.1) is 5.02 Å². The molecule has 0 aliphatic rings. The quantitative estimate of drug-likeness (QED) is 0.223. The summed E-state index contributed by atoms with van der Waals surface area (Å²) < 4.78 is 12.1. The van der Waals surface area contributed by atoms with E-state index in [-0.39, 0.29) is 33.0 Å². The van der Waals surface area contributed by atoms with Crippen molar-refractivity contribution in [3.63, 3.8) is 0 Å². The topological polar surface area (TPSA) is 35.5 Å². The third-order valence-corrected chi connectivity index (χ3v) is 6.07. The number of hydrogen-bond donors (Lipinski definition) is 0. The van der Waals surface area contributed by atoms with Crippen LogP contribution in [0, 0.1) is 6.92 Å². The van der Waals surface area contributed by atoms with E-state index < -0.39 is 0 Å². The molecule has 0 aromatic heterocycles. The summed E-state index contributed by atoms with van der Waals surface area (Å²) in [7, 11) is -0.141. The molecule has 0 spiro atoms. The molecule has 32 heavy (non-hydrogen) atoms. The first-order valence-electron chi connectivity index (χ1n) is 9.76. The second-order valence-electron chi connectivity index (χ2n) is 6.87. The molecule has 0 heterocycles. The summed E-state index contributed by atoms with van der Waals surface area (Å²) >= 11 is 6.31. The van der Waals surface area contributed by atoms with Gasteiger partial charge in [0.15, 0.2) is 5.52 Å². The molecule has 0 saturated carbocycles. The van der Waals surface area contributed by atoms with Crippen LogP contribution in [0.25, 0.3) is 0 Å². The van der Waals surface area contributed by atoms with Crippen molar-refractivity contribution in [1.82, 2.24) is 0 Å². The molecule has 1 atom stereocenters. The molecule has 4 aromatic rings. The third-order valence-electron chi connectivity index (χ3n) is 4.60. The number of carbonyl (C=O) groups is 1. The smallest absolute Gasteiger partial charge is 0.187 e. The summed E-state index contributed by atoms with van der Waals surface area (Å²) in [5.74, 6) is 2.63. The number of ether oxygens (including phenoxy) is 2. The van der Waals surface area contributed by atoms with Gasteiger partial charge in [-0.15, -0.1) is 0 Å². The van der Waals surface area contributed by atoms with Crippen molar-refractivity contribution in [2.75, 3.05) is 0 Å². The van der Waals surface area contributed by atoms with E-state index in [1.54, 1.807) is 6.07 Å². The molecule has 0 amide bonds. The molecule has 4 aromatic carbocycles. The summed E-state index contributed by atoms with van der Waals surface area (Å²) in [6.45, 7) is 1.89. The number of carbonyl (C=O) groups excluding carboxylic acids is 1. The predicted molar refractivity (Wildman–Crippen MR) is 134 cm³/mol. The molecule has 0 saturated heterocycles. The van der Waals surface area contributed by atoms with Gasteiger partial charge in [0.1, 0.15) is 23.0 Å². The van der Waals surface area contributed by atoms with Gasteiger partial charge in [-0.25, -0.2) is 0 Å². The van der Waals surface area contributed by atoms with Gasteiger partial charge in [0, 0.05) is 35.8 Å². The van der Waals surface area contributed by atoms with Crippen molar-refractivity contribution >= 4 is 49.9 Å². The van der Waals surface area contributed by atoms with Crippen molar-refractivity contribution in [2.45, 2.75) is 6.92 Å². The molecular formula is C26H20ClLiO3P. The Labute approximate surface area is 206 Å². The van der Waals surface area contributed by atoms with Gasteiger partial charge in [-0.05, 0) is 63.5 Å². The zero-order valence-corrected chi connectivity index (χ0v) is 19.6. The van der Waals surface area contributed by atoms with Crippen molar-refractivity contribution in [3.05, 3.63) is 113 Å². The Morgan fingerprint density at radius 3 is 2.00 bits per heavy atom. The van der Waals surface area contributed by atoms with Crippen LogP contribution in [-0.2, 0) is 0 Å². The van der Waals surface area contributed by atoms with Crippen LogP contribution >= 0.6 is 20.2 Å². The monoisotopic (exact) mass is 453 g/mol. The Morgan fingerprint density at radius 2 is 1.38 bits per heavy atom. The Hall–Kier alpha value is -2.53. The summed E-state index contributed by atoms with van der Waals surface area (Å²) in [5, 5.41) is 1.25. The number of aryl methyl sites for hydroxylation is 1. The van der Waals surface area contributed by atoms with Gasteiger partial charge in [0.25, 0.3) is 0 Å². The summed E-state index contributed by atoms with van der Waals surface area (Å²) in [5.41, 5.74) is 1.38. The van der Waals surface area contributed by atoms with Crippen LogP contribution in [0.15, 0.2) is 97.1 Å². The third kappa shape index (κ3) is 6.03. The first-order valence-corrected chi connectivity index (χ1v) is 11.1. The Bertz CT molecular complexity index is 1180. The Kier molecular flexibility index (Phi) is 8.57. The van der Waals surface area contributed by atoms with Crippen LogP contribution < -0.4 is 14.8 Å². The number of hydrogen-bond acceptors (Lipinski definition) is 3. The summed E-state index contributed by atoms with van der Waals surface area (Å²) in [6, 6.07) is 30.0. The first kappa shape index (κ1) is 24.1. The van der Waals surface area contributed by atoms with Crippen molar-refractivity contribution in [3.8, 4) is 23.0 Å². The summed E-state index contributed by atoms with van der Waals surface area (Å²) in [4.78, 5) is 13.1. The molecule has 3 nitrogen and oxygen atoms in total. The van der Waals surface area contributed by atoms with Gasteiger partial charge in [0.2, 0.25) is 0 Å². The molecule has 0 N–H and O–H groups in total. The van der Waals surface area contributed by atoms with Crippen LogP contribution in [0.1, 0.15) is 15.9 Å². The Balaban J connectivity index is 0.00000289. The fraction of sp³-hybridized carbons (Fsp3) is 0.0385. The fourth-order valence-corrected chi connectivity index (χ4v) is 4.60. The average molecular weight is 454 g/mol. The minimum absolute atomic E-state index is 0. The van der Waals surface area contributed by atoms with E-state index in [1.165, 1.54) is 0 Å². The zero-order chi connectivity index (χ0) is 21.6. The molecule has 0 aliphatic carbocycles. The molecular weight excluding hydrogens is 434 g/mol. The van der Waals surface area contributed by atoms with Gasteiger partial charge >= 0.3 is 0 Å². The van der Waals surface area contributed by atoms with E-state index in [2.05, 4.69) is 0 Å². The maximum absolute atomic E-state index is 13.1. The van der Waals surface area contributed by atoms with Gasteiger partial charge in [-0.3, -0.25) is 4.79 Å². The molecule has 6 heteroatoms. The molecule has 0 bridgehead atoms. The molecule has 1 radical (unpaired) electrons. The number of benzene rings is 4. The second kappa shape index (κ2) is 11.4. The zero-order valence-electron chi connectivity index (χ0n) is 17.8. The van der Waals surface area contributed by atoms with E-state index in [0.29, 0.717) is 27.8 Å². The van der Waals surface area contributed by atoms with Crippen LogP contribution in [-0.4, -0.2) is 24.4 Å². The van der Waals surface area contributed by atoms with Gasteiger partial charge < -0.3 is 9.47 Å². The van der Waals surface area contributed by atoms with Crippen molar-refractivity contribution < 1.29 is 14.3 Å². The van der Waals surface area contributed by atoms with Gasteiger partial charge in [-0.2, -0.15) is 0 Å². The first-order chi connectivity index (χ1) is 15.1. The normalized spacial score (nSPS) is 10.6. The Morgan fingerprint density at radius 1 is 0.750 bits per heavy atom. The summed E-state index contributed by atoms with van der Waals surface area (Å²) in [6.07, 6.45) is 0.